The third-order valence-electron chi connectivity index (χ3n) is 5.14. The van der Waals surface area contributed by atoms with Crippen molar-refractivity contribution in [1.82, 2.24) is 9.88 Å². The SMILES string of the molecule is CCN1CCN(c2nc(-c3ccc(OC)cc3)cc3cscc23)CC1.O=C(O)C(=O)O. The molecule has 0 unspecified atom stereocenters. The van der Waals surface area contributed by atoms with E-state index in [-0.39, 0.29) is 0 Å². The molecule has 2 aromatic heterocycles. The summed E-state index contributed by atoms with van der Waals surface area (Å²) in [6.07, 6.45) is 0. The van der Waals surface area contributed by atoms with Gasteiger partial charge >= 0.3 is 11.9 Å². The summed E-state index contributed by atoms with van der Waals surface area (Å²) in [5.74, 6) is -1.65. The Hall–Kier alpha value is -3.17. The molecule has 3 aromatic rings. The van der Waals surface area contributed by atoms with E-state index in [1.165, 1.54) is 10.8 Å². The molecule has 1 fully saturated rings. The second-order valence-electron chi connectivity index (χ2n) is 6.97. The zero-order valence-corrected chi connectivity index (χ0v) is 18.3. The number of fused-ring (bicyclic) bond motifs is 1. The number of aromatic nitrogens is 1. The van der Waals surface area contributed by atoms with Crippen molar-refractivity contribution in [2.24, 2.45) is 0 Å². The van der Waals surface area contributed by atoms with Crippen LogP contribution in [0.25, 0.3) is 22.0 Å². The summed E-state index contributed by atoms with van der Waals surface area (Å²) >= 11 is 1.75. The summed E-state index contributed by atoms with van der Waals surface area (Å²) in [5.41, 5.74) is 2.16. The van der Waals surface area contributed by atoms with Crippen LogP contribution in [0.3, 0.4) is 0 Å². The number of rotatable bonds is 4. The van der Waals surface area contributed by atoms with Crippen LogP contribution >= 0.6 is 11.3 Å². The molecule has 0 bridgehead atoms. The summed E-state index contributed by atoms with van der Waals surface area (Å²) in [4.78, 5) is 28.2. The van der Waals surface area contributed by atoms with E-state index in [2.05, 4.69) is 45.7 Å². The molecule has 2 N–H and O–H groups in total. The van der Waals surface area contributed by atoms with E-state index in [1.54, 1.807) is 18.4 Å². The number of hydrogen-bond acceptors (Lipinski definition) is 7. The molecule has 0 aliphatic carbocycles. The van der Waals surface area contributed by atoms with E-state index >= 15 is 0 Å². The number of aliphatic carboxylic acids is 2. The van der Waals surface area contributed by atoms with Crippen LogP contribution in [0.2, 0.25) is 0 Å². The number of benzene rings is 1. The standard InChI is InChI=1S/C20H23N3OS.C2H2O4/c1-3-22-8-10-23(11-9-22)20-18-14-25-13-16(18)12-19(21-20)15-4-6-17(24-2)7-5-15;3-1(4)2(5)6/h4-7,12-14H,3,8-11H2,1-2H3;(H,3,4)(H,5,6). The quantitative estimate of drug-likeness (QED) is 0.592. The predicted octanol–water partition coefficient (Wildman–Crippen LogP) is 3.27. The molecule has 0 spiro atoms. The maximum absolute atomic E-state index is 9.10. The number of pyridine rings is 1. The van der Waals surface area contributed by atoms with Gasteiger partial charge in [0, 0.05) is 42.5 Å². The van der Waals surface area contributed by atoms with Gasteiger partial charge in [-0.05, 0) is 47.6 Å². The Morgan fingerprint density at radius 1 is 1.06 bits per heavy atom. The maximum Gasteiger partial charge on any atom is 0.414 e. The van der Waals surface area contributed by atoms with Gasteiger partial charge in [0.2, 0.25) is 0 Å². The van der Waals surface area contributed by atoms with Gasteiger partial charge in [-0.3, -0.25) is 0 Å². The van der Waals surface area contributed by atoms with Crippen LogP contribution in [0.4, 0.5) is 5.82 Å². The van der Waals surface area contributed by atoms with Crippen molar-refractivity contribution in [3.05, 3.63) is 41.1 Å². The van der Waals surface area contributed by atoms with Crippen LogP contribution in [0, 0.1) is 0 Å². The van der Waals surface area contributed by atoms with Crippen LogP contribution in [0.5, 0.6) is 5.75 Å². The number of piperazine rings is 1. The molecule has 164 valence electrons. The highest BCUT2D eigenvalue weighted by atomic mass is 32.1. The van der Waals surface area contributed by atoms with E-state index in [9.17, 15) is 0 Å². The maximum atomic E-state index is 9.10. The van der Waals surface area contributed by atoms with Gasteiger partial charge in [0.1, 0.15) is 11.6 Å². The van der Waals surface area contributed by atoms with Crippen LogP contribution < -0.4 is 9.64 Å². The number of methoxy groups -OCH3 is 1. The van der Waals surface area contributed by atoms with Gasteiger partial charge in [-0.2, -0.15) is 11.3 Å². The predicted molar refractivity (Wildman–Crippen MR) is 121 cm³/mol. The second-order valence-corrected chi connectivity index (χ2v) is 7.71. The minimum atomic E-state index is -1.82. The third-order valence-corrected chi connectivity index (χ3v) is 5.90. The zero-order chi connectivity index (χ0) is 22.4. The summed E-state index contributed by atoms with van der Waals surface area (Å²) in [6.45, 7) is 7.65. The minimum absolute atomic E-state index is 0.872. The Bertz CT molecular complexity index is 1030. The highest BCUT2D eigenvalue weighted by Crippen LogP contribution is 2.33. The topological polar surface area (TPSA) is 103 Å². The Kier molecular flexibility index (Phi) is 7.43. The van der Waals surface area contributed by atoms with Crippen molar-refractivity contribution in [2.75, 3.05) is 44.7 Å². The summed E-state index contributed by atoms with van der Waals surface area (Å²) in [6, 6.07) is 10.3. The van der Waals surface area contributed by atoms with Crippen LogP contribution in [-0.4, -0.2) is 71.9 Å². The lowest BCUT2D eigenvalue weighted by atomic mass is 10.1. The Morgan fingerprint density at radius 3 is 2.26 bits per heavy atom. The fourth-order valence-corrected chi connectivity index (χ4v) is 4.17. The summed E-state index contributed by atoms with van der Waals surface area (Å²) in [7, 11) is 1.69. The number of anilines is 1. The van der Waals surface area contributed by atoms with Gasteiger partial charge in [-0.1, -0.05) is 6.92 Å². The van der Waals surface area contributed by atoms with Crippen LogP contribution in [-0.2, 0) is 9.59 Å². The monoisotopic (exact) mass is 443 g/mol. The van der Waals surface area contributed by atoms with Gasteiger partial charge in [0.05, 0.1) is 12.8 Å². The lowest BCUT2D eigenvalue weighted by Gasteiger charge is -2.35. The first-order valence-electron chi connectivity index (χ1n) is 9.87. The Balaban J connectivity index is 0.000000401. The first-order chi connectivity index (χ1) is 14.9. The highest BCUT2D eigenvalue weighted by molar-refractivity contribution is 7.09. The van der Waals surface area contributed by atoms with E-state index < -0.39 is 11.9 Å². The molecule has 9 heteroatoms. The Morgan fingerprint density at radius 2 is 1.71 bits per heavy atom. The van der Waals surface area contributed by atoms with Crippen molar-refractivity contribution in [2.45, 2.75) is 6.92 Å². The van der Waals surface area contributed by atoms with Gasteiger partial charge in [-0.25, -0.2) is 14.6 Å². The molecule has 3 heterocycles. The molecule has 1 aliphatic heterocycles. The summed E-state index contributed by atoms with van der Waals surface area (Å²) < 4.78 is 5.27. The third kappa shape index (κ3) is 5.50. The van der Waals surface area contributed by atoms with E-state index in [1.807, 2.05) is 12.1 Å². The molecule has 4 rings (SSSR count). The lowest BCUT2D eigenvalue weighted by Crippen LogP contribution is -2.46. The van der Waals surface area contributed by atoms with Gasteiger partial charge in [0.25, 0.3) is 0 Å². The molecule has 0 amide bonds. The number of carboxylic acids is 2. The number of hydrogen-bond donors (Lipinski definition) is 2. The number of carbonyl (C=O) groups is 2. The molecular weight excluding hydrogens is 418 g/mol. The molecule has 31 heavy (non-hydrogen) atoms. The van der Waals surface area contributed by atoms with Crippen molar-refractivity contribution >= 4 is 39.9 Å². The molecule has 1 aromatic carbocycles. The second kappa shape index (κ2) is 10.2. The smallest absolute Gasteiger partial charge is 0.414 e. The van der Waals surface area contributed by atoms with Crippen LogP contribution in [0.15, 0.2) is 41.1 Å². The van der Waals surface area contributed by atoms with Crippen LogP contribution in [0.1, 0.15) is 6.92 Å². The zero-order valence-electron chi connectivity index (χ0n) is 17.4. The number of ether oxygens (including phenoxy) is 1. The minimum Gasteiger partial charge on any atom is -0.497 e. The van der Waals surface area contributed by atoms with Crippen molar-refractivity contribution in [3.63, 3.8) is 0 Å². The number of likely N-dealkylation sites (N-methyl/N-ethyl adjacent to an activating group) is 1. The lowest BCUT2D eigenvalue weighted by molar-refractivity contribution is -0.159. The molecule has 1 aliphatic rings. The van der Waals surface area contributed by atoms with E-state index in [0.717, 1.165) is 55.5 Å². The van der Waals surface area contributed by atoms with Crippen molar-refractivity contribution < 1.29 is 24.5 Å². The normalized spacial score (nSPS) is 14.1. The first-order valence-corrected chi connectivity index (χ1v) is 10.8. The number of thiophene rings is 1. The first kappa shape index (κ1) is 22.5. The average Bonchev–Trinajstić information content (AvgIpc) is 3.28. The molecule has 8 nitrogen and oxygen atoms in total. The molecule has 0 radical (unpaired) electrons. The molecule has 1 saturated heterocycles. The van der Waals surface area contributed by atoms with Crippen molar-refractivity contribution in [1.29, 1.82) is 0 Å². The largest absolute Gasteiger partial charge is 0.497 e. The van der Waals surface area contributed by atoms with E-state index in [0.29, 0.717) is 0 Å². The average molecular weight is 444 g/mol. The van der Waals surface area contributed by atoms with Crippen molar-refractivity contribution in [3.8, 4) is 17.0 Å². The molecular formula is C22H25N3O5S. The molecule has 0 saturated carbocycles. The van der Waals surface area contributed by atoms with Gasteiger partial charge < -0.3 is 24.7 Å². The highest BCUT2D eigenvalue weighted by Gasteiger charge is 2.20. The summed E-state index contributed by atoms with van der Waals surface area (Å²) in [5, 5.41) is 21.8. The number of carboxylic acid groups (broad SMARTS) is 2. The molecule has 0 atom stereocenters. The van der Waals surface area contributed by atoms with Gasteiger partial charge in [0.15, 0.2) is 0 Å². The van der Waals surface area contributed by atoms with E-state index in [4.69, 9.17) is 29.5 Å². The number of nitrogens with zero attached hydrogens (tertiary/aromatic N) is 3. The fraction of sp³-hybridized carbons (Fsp3) is 0.318. The fourth-order valence-electron chi connectivity index (χ4n) is 3.38. The Labute approximate surface area is 184 Å². The van der Waals surface area contributed by atoms with Gasteiger partial charge in [-0.15, -0.1) is 0 Å².